The van der Waals surface area contributed by atoms with E-state index in [1.807, 2.05) is 6.08 Å². The quantitative estimate of drug-likeness (QED) is 0.412. The van der Waals surface area contributed by atoms with Gasteiger partial charge in [-0.25, -0.2) is 4.39 Å². The smallest absolute Gasteiger partial charge is 0.314 e. The molecule has 28 heavy (non-hydrogen) atoms. The number of allylic oxidation sites excluding steroid dienone is 1. The highest BCUT2D eigenvalue weighted by molar-refractivity contribution is 5.75. The van der Waals surface area contributed by atoms with E-state index in [1.165, 1.54) is 12.1 Å². The third-order valence-corrected chi connectivity index (χ3v) is 5.54. The Bertz CT molecular complexity index is 729. The molecule has 0 spiro atoms. The zero-order chi connectivity index (χ0) is 19.9. The van der Waals surface area contributed by atoms with Crippen LogP contribution in [0.15, 0.2) is 30.9 Å². The van der Waals surface area contributed by atoms with Crippen LogP contribution in [0.3, 0.4) is 0 Å². The predicted octanol–water partition coefficient (Wildman–Crippen LogP) is 4.36. The molecule has 1 aliphatic carbocycles. The highest BCUT2D eigenvalue weighted by Gasteiger charge is 2.35. The van der Waals surface area contributed by atoms with Gasteiger partial charge in [-0.15, -0.1) is 6.58 Å². The second kappa shape index (κ2) is 9.81. The molecule has 0 aromatic heterocycles. The lowest BCUT2D eigenvalue weighted by Crippen LogP contribution is -2.39. The summed E-state index contributed by atoms with van der Waals surface area (Å²) >= 11 is 0. The Kier molecular flexibility index (Phi) is 7.18. The van der Waals surface area contributed by atoms with Gasteiger partial charge in [0.2, 0.25) is 0 Å². The van der Waals surface area contributed by atoms with Crippen LogP contribution in [-0.4, -0.2) is 25.5 Å². The van der Waals surface area contributed by atoms with Crippen molar-refractivity contribution in [1.82, 2.24) is 0 Å². The number of esters is 1. The number of carbonyl (C=O) groups excluding carboxylic acids is 1. The molecule has 1 aromatic carbocycles. The van der Waals surface area contributed by atoms with Crippen LogP contribution in [0, 0.1) is 34.9 Å². The molecular weight excluding hydrogens is 361 g/mol. The minimum atomic E-state index is -0.686. The van der Waals surface area contributed by atoms with Crippen LogP contribution in [0.1, 0.15) is 44.1 Å². The average molecular weight is 387 g/mol. The summed E-state index contributed by atoms with van der Waals surface area (Å²) in [5.41, 5.74) is -0.0699. The molecule has 2 aliphatic rings. The first-order chi connectivity index (χ1) is 13.6. The van der Waals surface area contributed by atoms with E-state index in [-0.39, 0.29) is 35.4 Å². The molecule has 6 heteroatoms. The number of nitriles is 1. The first-order valence-electron chi connectivity index (χ1n) is 9.86. The first kappa shape index (κ1) is 20.5. The number of benzene rings is 1. The summed E-state index contributed by atoms with van der Waals surface area (Å²) in [5.74, 6) is -0.399. The van der Waals surface area contributed by atoms with Gasteiger partial charge in [-0.3, -0.25) is 4.79 Å². The van der Waals surface area contributed by atoms with Crippen LogP contribution in [0.2, 0.25) is 0 Å². The summed E-state index contributed by atoms with van der Waals surface area (Å²) in [7, 11) is 0. The molecule has 5 nitrogen and oxygen atoms in total. The van der Waals surface area contributed by atoms with Crippen LogP contribution in [0.4, 0.5) is 4.39 Å². The van der Waals surface area contributed by atoms with Crippen LogP contribution < -0.4 is 4.74 Å². The number of carbonyl (C=O) groups is 1. The van der Waals surface area contributed by atoms with Crippen LogP contribution in [0.25, 0.3) is 0 Å². The minimum Gasteiger partial charge on any atom is -0.426 e. The van der Waals surface area contributed by atoms with E-state index < -0.39 is 5.82 Å². The van der Waals surface area contributed by atoms with Crippen molar-refractivity contribution >= 4 is 5.97 Å². The minimum absolute atomic E-state index is 0.0699. The van der Waals surface area contributed by atoms with Crippen LogP contribution in [-0.2, 0) is 14.3 Å². The SMILES string of the molecule is C=CCCC1COC(C2CCC(C(=O)Oc3ccc(C#N)c(F)c3)CC2)OC1. The highest BCUT2D eigenvalue weighted by atomic mass is 19.1. The second-order valence-corrected chi connectivity index (χ2v) is 7.55. The number of halogens is 1. The molecule has 0 N–H and O–H groups in total. The monoisotopic (exact) mass is 387 g/mol. The van der Waals surface area contributed by atoms with E-state index in [0.29, 0.717) is 32.0 Å². The van der Waals surface area contributed by atoms with Gasteiger partial charge in [0.05, 0.1) is 24.7 Å². The molecule has 2 fully saturated rings. The Morgan fingerprint density at radius 3 is 2.61 bits per heavy atom. The molecular formula is C22H26FNO4. The number of hydrogen-bond acceptors (Lipinski definition) is 5. The Hall–Kier alpha value is -2.23. The van der Waals surface area contributed by atoms with Crippen molar-refractivity contribution in [2.75, 3.05) is 13.2 Å². The molecule has 1 aromatic rings. The topological polar surface area (TPSA) is 68.5 Å². The van der Waals surface area contributed by atoms with E-state index in [2.05, 4.69) is 6.58 Å². The fraction of sp³-hybridized carbons (Fsp3) is 0.545. The maximum Gasteiger partial charge on any atom is 0.314 e. The van der Waals surface area contributed by atoms with Crippen molar-refractivity contribution in [1.29, 1.82) is 5.26 Å². The van der Waals surface area contributed by atoms with Crippen molar-refractivity contribution in [2.45, 2.75) is 44.8 Å². The van der Waals surface area contributed by atoms with Gasteiger partial charge in [0, 0.05) is 17.9 Å². The van der Waals surface area contributed by atoms with Gasteiger partial charge in [-0.05, 0) is 50.7 Å². The normalized spacial score (nSPS) is 27.6. The lowest BCUT2D eigenvalue weighted by atomic mass is 9.81. The predicted molar refractivity (Wildman–Crippen MR) is 101 cm³/mol. The van der Waals surface area contributed by atoms with E-state index >= 15 is 0 Å². The molecule has 0 atom stereocenters. The Balaban J connectivity index is 1.44. The van der Waals surface area contributed by atoms with E-state index in [9.17, 15) is 9.18 Å². The third kappa shape index (κ3) is 5.18. The number of rotatable bonds is 6. The third-order valence-electron chi connectivity index (χ3n) is 5.54. The largest absolute Gasteiger partial charge is 0.426 e. The average Bonchev–Trinajstić information content (AvgIpc) is 2.73. The van der Waals surface area contributed by atoms with Gasteiger partial charge in [0.1, 0.15) is 17.6 Å². The summed E-state index contributed by atoms with van der Waals surface area (Å²) in [6, 6.07) is 5.58. The van der Waals surface area contributed by atoms with Crippen molar-refractivity contribution in [2.24, 2.45) is 17.8 Å². The van der Waals surface area contributed by atoms with Crippen molar-refractivity contribution < 1.29 is 23.4 Å². The number of hydrogen-bond donors (Lipinski definition) is 0. The first-order valence-corrected chi connectivity index (χ1v) is 9.86. The van der Waals surface area contributed by atoms with Gasteiger partial charge in [0.25, 0.3) is 0 Å². The maximum absolute atomic E-state index is 13.6. The lowest BCUT2D eigenvalue weighted by Gasteiger charge is -2.37. The molecule has 1 saturated heterocycles. The molecule has 0 amide bonds. The highest BCUT2D eigenvalue weighted by Crippen LogP contribution is 2.35. The maximum atomic E-state index is 13.6. The fourth-order valence-corrected chi connectivity index (χ4v) is 3.83. The van der Waals surface area contributed by atoms with Crippen LogP contribution >= 0.6 is 0 Å². The van der Waals surface area contributed by atoms with Crippen molar-refractivity contribution in [3.63, 3.8) is 0 Å². The summed E-state index contributed by atoms with van der Waals surface area (Å²) in [6.07, 6.45) is 6.80. The lowest BCUT2D eigenvalue weighted by molar-refractivity contribution is -0.230. The molecule has 1 saturated carbocycles. The zero-order valence-electron chi connectivity index (χ0n) is 15.9. The number of ether oxygens (including phenoxy) is 3. The van der Waals surface area contributed by atoms with Crippen molar-refractivity contribution in [3.05, 3.63) is 42.2 Å². The van der Waals surface area contributed by atoms with E-state index in [4.69, 9.17) is 19.5 Å². The number of nitrogens with zero attached hydrogens (tertiary/aromatic N) is 1. The molecule has 0 bridgehead atoms. The molecule has 0 unspecified atom stereocenters. The van der Waals surface area contributed by atoms with E-state index in [0.717, 1.165) is 31.7 Å². The van der Waals surface area contributed by atoms with Gasteiger partial charge >= 0.3 is 5.97 Å². The molecule has 1 heterocycles. The second-order valence-electron chi connectivity index (χ2n) is 7.55. The molecule has 3 rings (SSSR count). The van der Waals surface area contributed by atoms with Gasteiger partial charge in [-0.2, -0.15) is 5.26 Å². The standard InChI is InChI=1S/C22H26FNO4/c1-2-3-4-15-13-26-22(27-14-15)17-7-5-16(6-8-17)21(25)28-19-10-9-18(12-24)20(23)11-19/h2,9-11,15-17,22H,1,3-8,13-14H2. The van der Waals surface area contributed by atoms with Gasteiger partial charge in [-0.1, -0.05) is 6.08 Å². The zero-order valence-corrected chi connectivity index (χ0v) is 15.9. The molecule has 1 aliphatic heterocycles. The Morgan fingerprint density at radius 1 is 1.29 bits per heavy atom. The van der Waals surface area contributed by atoms with E-state index in [1.54, 1.807) is 6.07 Å². The van der Waals surface area contributed by atoms with Gasteiger partial charge < -0.3 is 14.2 Å². The summed E-state index contributed by atoms with van der Waals surface area (Å²) in [5, 5.41) is 8.76. The molecule has 0 radical (unpaired) electrons. The van der Waals surface area contributed by atoms with Crippen molar-refractivity contribution in [3.8, 4) is 11.8 Å². The van der Waals surface area contributed by atoms with Gasteiger partial charge in [0.15, 0.2) is 6.29 Å². The van der Waals surface area contributed by atoms with Crippen LogP contribution in [0.5, 0.6) is 5.75 Å². The summed E-state index contributed by atoms with van der Waals surface area (Å²) < 4.78 is 30.8. The molecule has 150 valence electrons. The Morgan fingerprint density at radius 2 is 2.00 bits per heavy atom. The summed E-state index contributed by atoms with van der Waals surface area (Å²) in [4.78, 5) is 12.4. The summed E-state index contributed by atoms with van der Waals surface area (Å²) in [6.45, 7) is 5.17. The Labute approximate surface area is 165 Å². The fourth-order valence-electron chi connectivity index (χ4n) is 3.83.